The summed E-state index contributed by atoms with van der Waals surface area (Å²) in [6, 6.07) is 21.8. The van der Waals surface area contributed by atoms with Gasteiger partial charge < -0.3 is 19.9 Å². The van der Waals surface area contributed by atoms with Crippen LogP contribution in [-0.2, 0) is 4.74 Å². The number of aliphatic hydroxyl groups excluding tert-OH is 1. The van der Waals surface area contributed by atoms with Gasteiger partial charge in [-0.05, 0) is 34.4 Å². The molecule has 1 unspecified atom stereocenters. The highest BCUT2D eigenvalue weighted by atomic mass is 19.1. The van der Waals surface area contributed by atoms with E-state index in [9.17, 15) is 14.3 Å². The first-order chi connectivity index (χ1) is 14.6. The number of rotatable bonds is 7. The molecule has 30 heavy (non-hydrogen) atoms. The molecule has 2 N–H and O–H groups in total. The van der Waals surface area contributed by atoms with Crippen molar-refractivity contribution in [2.75, 3.05) is 19.8 Å². The Morgan fingerprint density at radius 1 is 1.00 bits per heavy atom. The van der Waals surface area contributed by atoms with E-state index in [1.165, 1.54) is 18.2 Å². The van der Waals surface area contributed by atoms with E-state index in [-0.39, 0.29) is 25.7 Å². The second-order valence-electron chi connectivity index (χ2n) is 7.13. The molecule has 0 aromatic heterocycles. The van der Waals surface area contributed by atoms with E-state index in [4.69, 9.17) is 9.47 Å². The van der Waals surface area contributed by atoms with Crippen molar-refractivity contribution in [2.24, 2.45) is 0 Å². The molecule has 0 saturated heterocycles. The third-order valence-electron chi connectivity index (χ3n) is 5.06. The van der Waals surface area contributed by atoms with Gasteiger partial charge in [0.15, 0.2) is 0 Å². The third kappa shape index (κ3) is 4.44. The van der Waals surface area contributed by atoms with Crippen LogP contribution in [0.5, 0.6) is 5.75 Å². The topological polar surface area (TPSA) is 67.8 Å². The van der Waals surface area contributed by atoms with Crippen LogP contribution < -0.4 is 10.1 Å². The number of carbonyl (C=O) groups is 1. The summed E-state index contributed by atoms with van der Waals surface area (Å²) in [4.78, 5) is 12.1. The van der Waals surface area contributed by atoms with Crippen LogP contribution >= 0.6 is 0 Å². The van der Waals surface area contributed by atoms with Gasteiger partial charge in [-0.15, -0.1) is 0 Å². The Morgan fingerprint density at radius 3 is 2.33 bits per heavy atom. The minimum absolute atomic E-state index is 0.0237. The van der Waals surface area contributed by atoms with Gasteiger partial charge in [0.1, 0.15) is 30.9 Å². The number of carbonyl (C=O) groups excluding carboxylic acids is 1. The summed E-state index contributed by atoms with van der Waals surface area (Å²) in [5.41, 5.74) is 4.59. The monoisotopic (exact) mass is 407 g/mol. The molecular formula is C24H22FNO4. The highest BCUT2D eigenvalue weighted by Crippen LogP contribution is 2.44. The minimum Gasteiger partial charge on any atom is -0.491 e. The van der Waals surface area contributed by atoms with Gasteiger partial charge in [0.05, 0.1) is 6.54 Å². The molecular weight excluding hydrogens is 385 g/mol. The largest absolute Gasteiger partial charge is 0.491 e. The fourth-order valence-electron chi connectivity index (χ4n) is 3.66. The molecule has 1 atom stereocenters. The second kappa shape index (κ2) is 8.97. The Hall–Kier alpha value is -3.38. The van der Waals surface area contributed by atoms with E-state index in [2.05, 4.69) is 29.6 Å². The number of benzene rings is 3. The molecule has 5 nitrogen and oxygen atoms in total. The number of nitrogens with one attached hydrogen (secondary N) is 1. The van der Waals surface area contributed by atoms with Crippen molar-refractivity contribution in [3.05, 3.63) is 89.7 Å². The summed E-state index contributed by atoms with van der Waals surface area (Å²) < 4.78 is 23.9. The minimum atomic E-state index is -0.950. The van der Waals surface area contributed by atoms with E-state index in [0.717, 1.165) is 22.3 Å². The molecule has 6 heteroatoms. The maximum atomic E-state index is 13.1. The number of hydrogen-bond acceptors (Lipinski definition) is 4. The highest BCUT2D eigenvalue weighted by molar-refractivity contribution is 5.79. The molecule has 0 spiro atoms. The molecule has 0 bridgehead atoms. The van der Waals surface area contributed by atoms with E-state index < -0.39 is 18.0 Å². The molecule has 4 rings (SSSR count). The first-order valence-corrected chi connectivity index (χ1v) is 9.77. The van der Waals surface area contributed by atoms with Gasteiger partial charge in [-0.1, -0.05) is 54.6 Å². The van der Waals surface area contributed by atoms with Gasteiger partial charge >= 0.3 is 6.09 Å². The summed E-state index contributed by atoms with van der Waals surface area (Å²) in [5, 5.41) is 12.5. The summed E-state index contributed by atoms with van der Waals surface area (Å²) >= 11 is 0. The van der Waals surface area contributed by atoms with E-state index in [1.54, 1.807) is 6.07 Å². The fraction of sp³-hybridized carbons (Fsp3) is 0.208. The standard InChI is InChI=1S/C24H22FNO4/c25-16-6-5-7-18(12-16)29-14-17(27)13-26-24(28)30-15-23-21-10-3-1-8-19(21)20-9-2-4-11-22(20)23/h1-12,17,23,27H,13-15H2,(H,26,28). The van der Waals surface area contributed by atoms with Crippen LogP contribution in [-0.4, -0.2) is 37.1 Å². The van der Waals surface area contributed by atoms with Crippen LogP contribution in [0.2, 0.25) is 0 Å². The van der Waals surface area contributed by atoms with Gasteiger partial charge in [0.2, 0.25) is 0 Å². The first kappa shape index (κ1) is 19.9. The lowest BCUT2D eigenvalue weighted by Crippen LogP contribution is -2.36. The van der Waals surface area contributed by atoms with Crippen LogP contribution in [0.15, 0.2) is 72.8 Å². The smallest absolute Gasteiger partial charge is 0.407 e. The molecule has 0 fully saturated rings. The first-order valence-electron chi connectivity index (χ1n) is 9.77. The average Bonchev–Trinajstić information content (AvgIpc) is 3.09. The Balaban J connectivity index is 1.27. The predicted octanol–water partition coefficient (Wildman–Crippen LogP) is 4.10. The fourth-order valence-corrected chi connectivity index (χ4v) is 3.66. The maximum absolute atomic E-state index is 13.1. The Morgan fingerprint density at radius 2 is 1.67 bits per heavy atom. The van der Waals surface area contributed by atoms with Crippen molar-refractivity contribution in [1.29, 1.82) is 0 Å². The van der Waals surface area contributed by atoms with Gasteiger partial charge in [0, 0.05) is 12.0 Å². The van der Waals surface area contributed by atoms with Crippen molar-refractivity contribution in [2.45, 2.75) is 12.0 Å². The number of fused-ring (bicyclic) bond motifs is 3. The maximum Gasteiger partial charge on any atom is 0.407 e. The third-order valence-corrected chi connectivity index (χ3v) is 5.06. The van der Waals surface area contributed by atoms with Crippen LogP contribution in [0.25, 0.3) is 11.1 Å². The zero-order valence-electron chi connectivity index (χ0n) is 16.3. The van der Waals surface area contributed by atoms with Crippen molar-refractivity contribution in [3.8, 4) is 16.9 Å². The summed E-state index contributed by atoms with van der Waals surface area (Å²) in [7, 11) is 0. The summed E-state index contributed by atoms with van der Waals surface area (Å²) in [6.45, 7) is 0.0921. The molecule has 0 aliphatic heterocycles. The van der Waals surface area contributed by atoms with E-state index in [0.29, 0.717) is 5.75 Å². The number of alkyl carbamates (subject to hydrolysis) is 1. The quantitative estimate of drug-likeness (QED) is 0.619. The van der Waals surface area contributed by atoms with Crippen molar-refractivity contribution < 1.29 is 23.8 Å². The zero-order chi connectivity index (χ0) is 20.9. The molecule has 154 valence electrons. The predicted molar refractivity (Wildman–Crippen MR) is 111 cm³/mol. The van der Waals surface area contributed by atoms with Crippen LogP contribution in [0.3, 0.4) is 0 Å². The van der Waals surface area contributed by atoms with Crippen LogP contribution in [0, 0.1) is 5.82 Å². The number of aliphatic hydroxyl groups is 1. The Kier molecular flexibility index (Phi) is 5.95. The molecule has 3 aromatic carbocycles. The number of amides is 1. The lowest BCUT2D eigenvalue weighted by atomic mass is 9.98. The second-order valence-corrected chi connectivity index (χ2v) is 7.13. The molecule has 1 amide bonds. The highest BCUT2D eigenvalue weighted by Gasteiger charge is 2.29. The Labute approximate surface area is 174 Å². The van der Waals surface area contributed by atoms with Gasteiger partial charge in [-0.25, -0.2) is 9.18 Å². The van der Waals surface area contributed by atoms with Gasteiger partial charge in [-0.2, -0.15) is 0 Å². The number of halogens is 1. The zero-order valence-corrected chi connectivity index (χ0v) is 16.3. The molecule has 3 aromatic rings. The van der Waals surface area contributed by atoms with Gasteiger partial charge in [0.25, 0.3) is 0 Å². The van der Waals surface area contributed by atoms with Crippen molar-refractivity contribution in [1.82, 2.24) is 5.32 Å². The molecule has 0 saturated carbocycles. The number of hydrogen-bond donors (Lipinski definition) is 2. The lowest BCUT2D eigenvalue weighted by molar-refractivity contribution is 0.0973. The van der Waals surface area contributed by atoms with Gasteiger partial charge in [-0.3, -0.25) is 0 Å². The molecule has 0 heterocycles. The van der Waals surface area contributed by atoms with E-state index in [1.807, 2.05) is 24.3 Å². The average molecular weight is 407 g/mol. The normalized spacial score (nSPS) is 13.3. The van der Waals surface area contributed by atoms with Crippen molar-refractivity contribution >= 4 is 6.09 Å². The molecule has 0 radical (unpaired) electrons. The summed E-state index contributed by atoms with van der Waals surface area (Å²) in [6.07, 6.45) is -1.56. The number of ether oxygens (including phenoxy) is 2. The van der Waals surface area contributed by atoms with E-state index >= 15 is 0 Å². The Bertz CT molecular complexity index is 993. The SMILES string of the molecule is O=C(NCC(O)COc1cccc(F)c1)OCC1c2ccccc2-c2ccccc21. The molecule has 1 aliphatic carbocycles. The molecule has 1 aliphatic rings. The van der Waals surface area contributed by atoms with Crippen LogP contribution in [0.4, 0.5) is 9.18 Å². The van der Waals surface area contributed by atoms with Crippen LogP contribution in [0.1, 0.15) is 17.0 Å². The van der Waals surface area contributed by atoms with Crippen molar-refractivity contribution in [3.63, 3.8) is 0 Å². The lowest BCUT2D eigenvalue weighted by Gasteiger charge is -2.16. The summed E-state index contributed by atoms with van der Waals surface area (Å²) in [5.74, 6) is -0.127.